The summed E-state index contributed by atoms with van der Waals surface area (Å²) in [4.78, 5) is 7.05. The van der Waals surface area contributed by atoms with E-state index >= 15 is 0 Å². The highest BCUT2D eigenvalue weighted by Gasteiger charge is 2.33. The highest BCUT2D eigenvalue weighted by Crippen LogP contribution is 2.42. The summed E-state index contributed by atoms with van der Waals surface area (Å²) in [5.41, 5.74) is 4.96. The van der Waals surface area contributed by atoms with Gasteiger partial charge in [0, 0.05) is 24.5 Å². The maximum absolute atomic E-state index is 5.84. The number of anilines is 1. The minimum Gasteiger partial charge on any atom is -0.457 e. The lowest BCUT2D eigenvalue weighted by molar-refractivity contribution is 0.395. The van der Waals surface area contributed by atoms with Gasteiger partial charge in [-0.3, -0.25) is 4.99 Å². The first-order valence-corrected chi connectivity index (χ1v) is 10.2. The molecular formula is C26H28N2O. The van der Waals surface area contributed by atoms with Crippen LogP contribution in [0.4, 0.5) is 11.4 Å². The number of hydrogen-bond acceptors (Lipinski definition) is 3. The number of aliphatic imine (C=N–C) groups is 1. The number of fused-ring (bicyclic) bond motifs is 1. The smallest absolute Gasteiger partial charge is 0.127 e. The minimum absolute atomic E-state index is 0.186. The first-order valence-electron chi connectivity index (χ1n) is 10.2. The predicted molar refractivity (Wildman–Crippen MR) is 122 cm³/mol. The first-order chi connectivity index (χ1) is 13.9. The Morgan fingerprint density at radius 1 is 0.966 bits per heavy atom. The van der Waals surface area contributed by atoms with Crippen LogP contribution in [0.3, 0.4) is 0 Å². The largest absolute Gasteiger partial charge is 0.457 e. The van der Waals surface area contributed by atoms with Crippen molar-refractivity contribution in [1.29, 1.82) is 0 Å². The molecule has 1 unspecified atom stereocenters. The molecule has 29 heavy (non-hydrogen) atoms. The van der Waals surface area contributed by atoms with E-state index in [9.17, 15) is 0 Å². The van der Waals surface area contributed by atoms with Gasteiger partial charge in [0.1, 0.15) is 11.5 Å². The summed E-state index contributed by atoms with van der Waals surface area (Å²) in [6.07, 6.45) is 3.10. The number of para-hydroxylation sites is 1. The fraction of sp³-hybridized carbons (Fsp3) is 0.269. The van der Waals surface area contributed by atoms with Crippen LogP contribution in [-0.4, -0.2) is 18.8 Å². The maximum Gasteiger partial charge on any atom is 0.127 e. The van der Waals surface area contributed by atoms with Crippen LogP contribution in [0, 0.1) is 0 Å². The zero-order chi connectivity index (χ0) is 20.4. The fourth-order valence-corrected chi connectivity index (χ4v) is 4.05. The molecule has 0 saturated carbocycles. The molecule has 0 amide bonds. The summed E-state index contributed by atoms with van der Waals surface area (Å²) in [5, 5.41) is 0. The lowest BCUT2D eigenvalue weighted by Gasteiger charge is -2.45. The quantitative estimate of drug-likeness (QED) is 0.455. The molecule has 1 heterocycles. The lowest BCUT2D eigenvalue weighted by atomic mass is 9.80. The van der Waals surface area contributed by atoms with Crippen molar-refractivity contribution < 1.29 is 4.74 Å². The van der Waals surface area contributed by atoms with Gasteiger partial charge >= 0.3 is 0 Å². The van der Waals surface area contributed by atoms with Gasteiger partial charge in [-0.15, -0.1) is 0 Å². The van der Waals surface area contributed by atoms with E-state index < -0.39 is 0 Å². The van der Waals surface area contributed by atoms with Crippen LogP contribution >= 0.6 is 0 Å². The van der Waals surface area contributed by atoms with Gasteiger partial charge in [0.05, 0.1) is 5.69 Å². The second kappa shape index (κ2) is 7.75. The average molecular weight is 385 g/mol. The zero-order valence-electron chi connectivity index (χ0n) is 17.6. The minimum atomic E-state index is 0.186. The molecule has 148 valence electrons. The highest BCUT2D eigenvalue weighted by atomic mass is 16.5. The molecule has 3 heteroatoms. The van der Waals surface area contributed by atoms with E-state index in [0.717, 1.165) is 29.2 Å². The molecule has 1 atom stereocenters. The van der Waals surface area contributed by atoms with E-state index in [4.69, 9.17) is 4.74 Å². The molecule has 3 nitrogen and oxygen atoms in total. The topological polar surface area (TPSA) is 24.8 Å². The Labute approximate surface area is 173 Å². The molecule has 0 fully saturated rings. The van der Waals surface area contributed by atoms with Crippen molar-refractivity contribution in [2.45, 2.75) is 38.6 Å². The van der Waals surface area contributed by atoms with Gasteiger partial charge in [-0.2, -0.15) is 0 Å². The number of benzene rings is 3. The molecule has 0 spiro atoms. The van der Waals surface area contributed by atoms with Crippen molar-refractivity contribution in [3.8, 4) is 11.5 Å². The highest BCUT2D eigenvalue weighted by molar-refractivity contribution is 5.83. The van der Waals surface area contributed by atoms with Crippen molar-refractivity contribution in [2.75, 3.05) is 11.9 Å². The van der Waals surface area contributed by atoms with E-state index in [1.807, 2.05) is 60.8 Å². The second-order valence-corrected chi connectivity index (χ2v) is 8.46. The molecule has 0 radical (unpaired) electrons. The molecule has 1 aliphatic rings. The zero-order valence-corrected chi connectivity index (χ0v) is 17.6. The molecule has 3 aromatic carbocycles. The van der Waals surface area contributed by atoms with Crippen LogP contribution in [0.5, 0.6) is 11.5 Å². The monoisotopic (exact) mass is 384 g/mol. The van der Waals surface area contributed by atoms with Gasteiger partial charge in [0.25, 0.3) is 0 Å². The Balaban J connectivity index is 1.49. The maximum atomic E-state index is 5.84. The van der Waals surface area contributed by atoms with Gasteiger partial charge < -0.3 is 9.64 Å². The Morgan fingerprint density at radius 2 is 1.66 bits per heavy atom. The standard InChI is InChI=1S/C26H28N2O/c1-19-17-26(2,3)28(4)25-15-10-20(16-24(19)25)18-27-21-11-13-23(14-12-21)29-22-8-6-5-7-9-22/h5-16,18-19H,17H2,1-4H3. The predicted octanol–water partition coefficient (Wildman–Crippen LogP) is 6.95. The van der Waals surface area contributed by atoms with Gasteiger partial charge in [-0.25, -0.2) is 0 Å². The summed E-state index contributed by atoms with van der Waals surface area (Å²) in [7, 11) is 2.19. The molecule has 0 N–H and O–H groups in total. The number of nitrogens with zero attached hydrogens (tertiary/aromatic N) is 2. The third kappa shape index (κ3) is 4.19. The van der Waals surface area contributed by atoms with Crippen molar-refractivity contribution in [1.82, 2.24) is 0 Å². The third-order valence-electron chi connectivity index (χ3n) is 5.84. The average Bonchev–Trinajstić information content (AvgIpc) is 2.72. The molecule has 0 aromatic heterocycles. The van der Waals surface area contributed by atoms with Gasteiger partial charge in [0.15, 0.2) is 0 Å². The molecule has 4 rings (SSSR count). The van der Waals surface area contributed by atoms with Crippen LogP contribution < -0.4 is 9.64 Å². The van der Waals surface area contributed by atoms with Gasteiger partial charge in [0.2, 0.25) is 0 Å². The Kier molecular flexibility index (Phi) is 5.14. The third-order valence-corrected chi connectivity index (χ3v) is 5.84. The van der Waals surface area contributed by atoms with Crippen LogP contribution in [0.1, 0.15) is 44.2 Å². The van der Waals surface area contributed by atoms with E-state index in [2.05, 4.69) is 55.9 Å². The molecular weight excluding hydrogens is 356 g/mol. The van der Waals surface area contributed by atoms with Crippen molar-refractivity contribution in [2.24, 2.45) is 4.99 Å². The van der Waals surface area contributed by atoms with Gasteiger partial charge in [-0.05, 0) is 85.8 Å². The van der Waals surface area contributed by atoms with E-state index in [1.165, 1.54) is 11.3 Å². The Bertz CT molecular complexity index is 1010. The molecule has 1 aliphatic heterocycles. The SMILES string of the molecule is CC1CC(C)(C)N(C)c2ccc(C=Nc3ccc(Oc4ccccc4)cc3)cc21. The van der Waals surface area contributed by atoms with E-state index in [0.29, 0.717) is 5.92 Å². The van der Waals surface area contributed by atoms with Crippen molar-refractivity contribution in [3.63, 3.8) is 0 Å². The fourth-order valence-electron chi connectivity index (χ4n) is 4.05. The number of rotatable bonds is 4. The molecule has 3 aromatic rings. The summed E-state index contributed by atoms with van der Waals surface area (Å²) in [6.45, 7) is 6.94. The van der Waals surface area contributed by atoms with Gasteiger partial charge in [-0.1, -0.05) is 31.2 Å². The van der Waals surface area contributed by atoms with Crippen LogP contribution in [0.2, 0.25) is 0 Å². The van der Waals surface area contributed by atoms with Crippen LogP contribution in [-0.2, 0) is 0 Å². The number of hydrogen-bond donors (Lipinski definition) is 0. The van der Waals surface area contributed by atoms with E-state index in [-0.39, 0.29) is 5.54 Å². The van der Waals surface area contributed by atoms with Crippen molar-refractivity contribution >= 4 is 17.6 Å². The van der Waals surface area contributed by atoms with E-state index in [1.54, 1.807) is 0 Å². The summed E-state index contributed by atoms with van der Waals surface area (Å²) in [6, 6.07) is 24.3. The molecule has 0 saturated heterocycles. The Morgan fingerprint density at radius 3 is 2.38 bits per heavy atom. The summed E-state index contributed by atoms with van der Waals surface area (Å²) < 4.78 is 5.84. The van der Waals surface area contributed by atoms with Crippen molar-refractivity contribution in [3.05, 3.63) is 83.9 Å². The van der Waals surface area contributed by atoms with Crippen LogP contribution in [0.25, 0.3) is 0 Å². The lowest BCUT2D eigenvalue weighted by Crippen LogP contribution is -2.45. The normalized spacial score (nSPS) is 17.9. The van der Waals surface area contributed by atoms with Crippen LogP contribution in [0.15, 0.2) is 77.8 Å². The Hall–Kier alpha value is -3.07. The second-order valence-electron chi connectivity index (χ2n) is 8.46. The molecule has 0 bridgehead atoms. The molecule has 0 aliphatic carbocycles. The summed E-state index contributed by atoms with van der Waals surface area (Å²) >= 11 is 0. The number of ether oxygens (including phenoxy) is 1. The summed E-state index contributed by atoms with van der Waals surface area (Å²) in [5.74, 6) is 2.18. The first kappa shape index (κ1) is 19.3.